The normalized spacial score (nSPS) is 12.0. The SMILES string of the molecule is CNC(c1cscc1Br)c1ccc(OC)c(OC)c1OC. The molecule has 0 fully saturated rings. The smallest absolute Gasteiger partial charge is 0.203 e. The van der Waals surface area contributed by atoms with Crippen molar-refractivity contribution in [2.24, 2.45) is 0 Å². The first kappa shape index (κ1) is 16.1. The number of hydrogen-bond donors (Lipinski definition) is 1. The van der Waals surface area contributed by atoms with Crippen LogP contribution in [0.5, 0.6) is 17.2 Å². The molecule has 1 unspecified atom stereocenters. The van der Waals surface area contributed by atoms with Crippen molar-refractivity contribution in [1.82, 2.24) is 5.32 Å². The van der Waals surface area contributed by atoms with E-state index in [0.717, 1.165) is 15.6 Å². The molecule has 0 radical (unpaired) electrons. The predicted octanol–water partition coefficient (Wildman–Crippen LogP) is 3.85. The van der Waals surface area contributed by atoms with Gasteiger partial charge in [-0.25, -0.2) is 0 Å². The van der Waals surface area contributed by atoms with E-state index < -0.39 is 0 Å². The zero-order valence-corrected chi connectivity index (χ0v) is 14.8. The summed E-state index contributed by atoms with van der Waals surface area (Å²) in [6, 6.07) is 3.88. The van der Waals surface area contributed by atoms with Crippen LogP contribution in [0.15, 0.2) is 27.4 Å². The second-order valence-corrected chi connectivity index (χ2v) is 5.92. The highest BCUT2D eigenvalue weighted by Gasteiger charge is 2.24. The minimum atomic E-state index is 0.000353. The Morgan fingerprint density at radius 2 is 1.71 bits per heavy atom. The topological polar surface area (TPSA) is 39.7 Å². The highest BCUT2D eigenvalue weighted by molar-refractivity contribution is 9.10. The van der Waals surface area contributed by atoms with Gasteiger partial charge >= 0.3 is 0 Å². The third-order valence-electron chi connectivity index (χ3n) is 3.29. The molecule has 0 aliphatic rings. The minimum Gasteiger partial charge on any atom is -0.493 e. The molecule has 1 aromatic carbocycles. The van der Waals surface area contributed by atoms with Gasteiger partial charge in [-0.05, 0) is 46.1 Å². The zero-order valence-electron chi connectivity index (χ0n) is 12.4. The average molecular weight is 372 g/mol. The van der Waals surface area contributed by atoms with E-state index in [4.69, 9.17) is 14.2 Å². The van der Waals surface area contributed by atoms with Gasteiger partial charge in [0, 0.05) is 15.4 Å². The molecular formula is C15H18BrNO3S. The number of ether oxygens (including phenoxy) is 3. The van der Waals surface area contributed by atoms with Crippen molar-refractivity contribution >= 4 is 27.3 Å². The van der Waals surface area contributed by atoms with Gasteiger partial charge in [0.1, 0.15) is 0 Å². The number of thiophene rings is 1. The molecule has 0 saturated carbocycles. The molecule has 1 heterocycles. The number of methoxy groups -OCH3 is 3. The molecule has 4 nitrogen and oxygen atoms in total. The Labute approximate surface area is 137 Å². The summed E-state index contributed by atoms with van der Waals surface area (Å²) < 4.78 is 17.4. The lowest BCUT2D eigenvalue weighted by atomic mass is 9.99. The Morgan fingerprint density at radius 3 is 2.19 bits per heavy atom. The second kappa shape index (κ2) is 7.15. The fraction of sp³-hybridized carbons (Fsp3) is 0.333. The average Bonchev–Trinajstić information content (AvgIpc) is 2.93. The van der Waals surface area contributed by atoms with Crippen molar-refractivity contribution in [1.29, 1.82) is 0 Å². The van der Waals surface area contributed by atoms with Gasteiger partial charge in [0.25, 0.3) is 0 Å². The maximum Gasteiger partial charge on any atom is 0.203 e. The van der Waals surface area contributed by atoms with Crippen LogP contribution in [0.3, 0.4) is 0 Å². The summed E-state index contributed by atoms with van der Waals surface area (Å²) in [7, 11) is 6.78. The molecular weight excluding hydrogens is 354 g/mol. The Morgan fingerprint density at radius 1 is 1.00 bits per heavy atom. The quantitative estimate of drug-likeness (QED) is 0.836. The van der Waals surface area contributed by atoms with E-state index >= 15 is 0 Å². The Hall–Kier alpha value is -1.24. The molecule has 21 heavy (non-hydrogen) atoms. The highest BCUT2D eigenvalue weighted by atomic mass is 79.9. The standard InChI is InChI=1S/C15H18BrNO3S/c1-17-13(10-7-21-8-11(10)16)9-5-6-12(18-2)15(20-4)14(9)19-3/h5-8,13,17H,1-4H3. The van der Waals surface area contributed by atoms with Crippen LogP contribution in [0.4, 0.5) is 0 Å². The maximum absolute atomic E-state index is 5.57. The lowest BCUT2D eigenvalue weighted by Gasteiger charge is -2.22. The van der Waals surface area contributed by atoms with E-state index in [-0.39, 0.29) is 6.04 Å². The molecule has 1 atom stereocenters. The molecule has 0 saturated heterocycles. The third kappa shape index (κ3) is 3.02. The van der Waals surface area contributed by atoms with Crippen molar-refractivity contribution in [2.75, 3.05) is 28.4 Å². The lowest BCUT2D eigenvalue weighted by molar-refractivity contribution is 0.320. The first-order valence-corrected chi connectivity index (χ1v) is 8.09. The van der Waals surface area contributed by atoms with E-state index in [0.29, 0.717) is 17.2 Å². The van der Waals surface area contributed by atoms with Gasteiger partial charge in [0.15, 0.2) is 11.5 Å². The Bertz CT molecular complexity index is 615. The van der Waals surface area contributed by atoms with Crippen LogP contribution >= 0.6 is 27.3 Å². The lowest BCUT2D eigenvalue weighted by Crippen LogP contribution is -2.18. The fourth-order valence-electron chi connectivity index (χ4n) is 2.33. The van der Waals surface area contributed by atoms with Gasteiger partial charge in [-0.3, -0.25) is 0 Å². The minimum absolute atomic E-state index is 0.000353. The van der Waals surface area contributed by atoms with E-state index in [1.807, 2.05) is 19.2 Å². The number of rotatable bonds is 6. The van der Waals surface area contributed by atoms with Gasteiger partial charge in [0.05, 0.1) is 27.4 Å². The Kier molecular flexibility index (Phi) is 5.50. The monoisotopic (exact) mass is 371 g/mol. The van der Waals surface area contributed by atoms with Gasteiger partial charge < -0.3 is 19.5 Å². The van der Waals surface area contributed by atoms with Crippen LogP contribution in [0, 0.1) is 0 Å². The van der Waals surface area contributed by atoms with E-state index in [1.54, 1.807) is 32.7 Å². The number of hydrogen-bond acceptors (Lipinski definition) is 5. The molecule has 2 aromatic rings. The predicted molar refractivity (Wildman–Crippen MR) is 89.0 cm³/mol. The van der Waals surface area contributed by atoms with E-state index in [1.165, 1.54) is 0 Å². The van der Waals surface area contributed by atoms with Gasteiger partial charge in [-0.15, -0.1) is 0 Å². The van der Waals surface area contributed by atoms with Gasteiger partial charge in [-0.2, -0.15) is 11.3 Å². The first-order chi connectivity index (χ1) is 10.2. The third-order valence-corrected chi connectivity index (χ3v) is 5.04. The summed E-state index contributed by atoms with van der Waals surface area (Å²) >= 11 is 5.24. The summed E-state index contributed by atoms with van der Waals surface area (Å²) in [4.78, 5) is 0. The molecule has 0 bridgehead atoms. The van der Waals surface area contributed by atoms with Gasteiger partial charge in [0.2, 0.25) is 5.75 Å². The molecule has 1 N–H and O–H groups in total. The summed E-state index contributed by atoms with van der Waals surface area (Å²) in [6.45, 7) is 0. The number of benzene rings is 1. The van der Waals surface area contributed by atoms with E-state index in [2.05, 4.69) is 32.0 Å². The molecule has 114 valence electrons. The Balaban J connectivity index is 2.59. The van der Waals surface area contributed by atoms with Crippen molar-refractivity contribution < 1.29 is 14.2 Å². The summed E-state index contributed by atoms with van der Waals surface area (Å²) in [6.07, 6.45) is 0. The molecule has 0 aliphatic heterocycles. The summed E-state index contributed by atoms with van der Waals surface area (Å²) in [5.41, 5.74) is 2.16. The molecule has 1 aromatic heterocycles. The largest absolute Gasteiger partial charge is 0.493 e. The highest BCUT2D eigenvalue weighted by Crippen LogP contribution is 2.44. The van der Waals surface area contributed by atoms with Crippen LogP contribution in [-0.2, 0) is 0 Å². The van der Waals surface area contributed by atoms with Crippen molar-refractivity contribution in [3.05, 3.63) is 38.5 Å². The molecule has 2 rings (SSSR count). The van der Waals surface area contributed by atoms with Crippen LogP contribution in [0.2, 0.25) is 0 Å². The van der Waals surface area contributed by atoms with Crippen molar-refractivity contribution in [2.45, 2.75) is 6.04 Å². The maximum atomic E-state index is 5.57. The summed E-state index contributed by atoms with van der Waals surface area (Å²) in [5.74, 6) is 1.93. The molecule has 0 aliphatic carbocycles. The van der Waals surface area contributed by atoms with Gasteiger partial charge in [-0.1, -0.05) is 0 Å². The fourth-order valence-corrected chi connectivity index (χ4v) is 3.88. The molecule has 0 amide bonds. The molecule has 0 spiro atoms. The van der Waals surface area contributed by atoms with Crippen molar-refractivity contribution in [3.63, 3.8) is 0 Å². The van der Waals surface area contributed by atoms with Crippen LogP contribution in [0.25, 0.3) is 0 Å². The van der Waals surface area contributed by atoms with Crippen LogP contribution in [0.1, 0.15) is 17.2 Å². The van der Waals surface area contributed by atoms with E-state index in [9.17, 15) is 0 Å². The van der Waals surface area contributed by atoms with Crippen LogP contribution in [-0.4, -0.2) is 28.4 Å². The zero-order chi connectivity index (χ0) is 15.4. The first-order valence-electron chi connectivity index (χ1n) is 6.35. The molecule has 6 heteroatoms. The number of nitrogens with one attached hydrogen (secondary N) is 1. The second-order valence-electron chi connectivity index (χ2n) is 4.32. The number of halogens is 1. The summed E-state index contributed by atoms with van der Waals surface area (Å²) in [5, 5.41) is 7.50. The van der Waals surface area contributed by atoms with Crippen molar-refractivity contribution in [3.8, 4) is 17.2 Å². The van der Waals surface area contributed by atoms with Crippen LogP contribution < -0.4 is 19.5 Å².